The van der Waals surface area contributed by atoms with E-state index in [2.05, 4.69) is 29.1 Å². The van der Waals surface area contributed by atoms with Gasteiger partial charge in [0.25, 0.3) is 5.91 Å². The summed E-state index contributed by atoms with van der Waals surface area (Å²) in [5, 5.41) is 3.06. The van der Waals surface area contributed by atoms with Crippen molar-refractivity contribution < 1.29 is 9.53 Å². The molecule has 0 radical (unpaired) electrons. The lowest BCUT2D eigenvalue weighted by Crippen LogP contribution is -2.38. The zero-order valence-corrected chi connectivity index (χ0v) is 13.5. The number of hydrogen-bond donors (Lipinski definition) is 1. The van der Waals surface area contributed by atoms with Crippen molar-refractivity contribution in [1.29, 1.82) is 0 Å². The molecule has 1 saturated heterocycles. The molecule has 1 aliphatic heterocycles. The fourth-order valence-electron chi connectivity index (χ4n) is 2.90. The van der Waals surface area contributed by atoms with Crippen LogP contribution < -0.4 is 5.32 Å². The Bertz CT molecular complexity index is 683. The number of ether oxygens (including phenoxy) is 1. The highest BCUT2D eigenvalue weighted by molar-refractivity contribution is 5.92. The SMILES string of the molecule is CCc1ccnc(C(=O)N[C@H]2CCO[C@@H]2c2nccn2CC)c1. The first kappa shape index (κ1) is 15.7. The monoisotopic (exact) mass is 314 g/mol. The Morgan fingerprint density at radius 3 is 3.04 bits per heavy atom. The summed E-state index contributed by atoms with van der Waals surface area (Å²) in [4.78, 5) is 21.1. The number of pyridine rings is 1. The maximum absolute atomic E-state index is 12.5. The first-order chi connectivity index (χ1) is 11.2. The van der Waals surface area contributed by atoms with Crippen molar-refractivity contribution in [3.63, 3.8) is 0 Å². The molecule has 1 amide bonds. The highest BCUT2D eigenvalue weighted by atomic mass is 16.5. The molecule has 0 aromatic carbocycles. The van der Waals surface area contributed by atoms with Gasteiger partial charge in [0.2, 0.25) is 0 Å². The standard InChI is InChI=1S/C17H22N4O2/c1-3-12-5-7-18-14(11-12)17(22)20-13-6-10-23-15(13)16-19-8-9-21(16)4-2/h5,7-9,11,13,15H,3-4,6,10H2,1-2H3,(H,20,22)/t13-,15-/m0/s1. The number of nitrogens with one attached hydrogen (secondary N) is 1. The van der Waals surface area contributed by atoms with Gasteiger partial charge in [-0.05, 0) is 37.5 Å². The molecule has 0 aliphatic carbocycles. The average molecular weight is 314 g/mol. The quantitative estimate of drug-likeness (QED) is 0.918. The van der Waals surface area contributed by atoms with Gasteiger partial charge >= 0.3 is 0 Å². The third-order valence-corrected chi connectivity index (χ3v) is 4.22. The zero-order valence-electron chi connectivity index (χ0n) is 13.5. The van der Waals surface area contributed by atoms with E-state index < -0.39 is 0 Å². The molecule has 2 atom stereocenters. The van der Waals surface area contributed by atoms with Crippen LogP contribution in [0.5, 0.6) is 0 Å². The van der Waals surface area contributed by atoms with Crippen LogP contribution in [0.25, 0.3) is 0 Å². The Morgan fingerprint density at radius 1 is 1.39 bits per heavy atom. The number of carbonyl (C=O) groups excluding carboxylic acids is 1. The van der Waals surface area contributed by atoms with E-state index in [0.717, 1.165) is 30.8 Å². The lowest BCUT2D eigenvalue weighted by molar-refractivity contribution is 0.0772. The molecule has 1 fully saturated rings. The molecule has 6 heteroatoms. The van der Waals surface area contributed by atoms with Crippen LogP contribution in [-0.2, 0) is 17.7 Å². The van der Waals surface area contributed by atoms with Gasteiger partial charge in [0.05, 0.1) is 6.04 Å². The minimum Gasteiger partial charge on any atom is -0.368 e. The predicted octanol–water partition coefficient (Wildman–Crippen LogP) is 2.12. The Balaban J connectivity index is 1.74. The van der Waals surface area contributed by atoms with Crippen LogP contribution >= 0.6 is 0 Å². The minimum atomic E-state index is -0.205. The summed E-state index contributed by atoms with van der Waals surface area (Å²) in [5.41, 5.74) is 1.56. The van der Waals surface area contributed by atoms with E-state index in [4.69, 9.17) is 4.74 Å². The number of amides is 1. The van der Waals surface area contributed by atoms with Gasteiger partial charge in [-0.2, -0.15) is 0 Å². The lowest BCUT2D eigenvalue weighted by Gasteiger charge is -2.20. The molecule has 3 heterocycles. The van der Waals surface area contributed by atoms with Crippen molar-refractivity contribution in [1.82, 2.24) is 19.9 Å². The average Bonchev–Trinajstić information content (AvgIpc) is 3.23. The molecule has 6 nitrogen and oxygen atoms in total. The number of imidazole rings is 1. The second kappa shape index (κ2) is 6.91. The molecular formula is C17H22N4O2. The summed E-state index contributed by atoms with van der Waals surface area (Å²) in [6.45, 7) is 5.57. The molecular weight excluding hydrogens is 292 g/mol. The van der Waals surface area contributed by atoms with Gasteiger partial charge in [0.1, 0.15) is 17.6 Å². The van der Waals surface area contributed by atoms with Crippen LogP contribution in [0.2, 0.25) is 0 Å². The van der Waals surface area contributed by atoms with Crippen molar-refractivity contribution >= 4 is 5.91 Å². The number of carbonyl (C=O) groups is 1. The van der Waals surface area contributed by atoms with Crippen molar-refractivity contribution in [2.45, 2.75) is 45.4 Å². The van der Waals surface area contributed by atoms with Gasteiger partial charge in [-0.1, -0.05) is 6.92 Å². The molecule has 23 heavy (non-hydrogen) atoms. The van der Waals surface area contributed by atoms with Crippen LogP contribution in [0, 0.1) is 0 Å². The number of hydrogen-bond acceptors (Lipinski definition) is 4. The molecule has 122 valence electrons. The second-order valence-electron chi connectivity index (χ2n) is 5.63. The molecule has 1 N–H and O–H groups in total. The van der Waals surface area contributed by atoms with Gasteiger partial charge in [0, 0.05) is 31.7 Å². The van der Waals surface area contributed by atoms with Crippen LogP contribution in [0.1, 0.15) is 48.2 Å². The predicted molar refractivity (Wildman–Crippen MR) is 86.1 cm³/mol. The molecule has 1 aliphatic rings. The van der Waals surface area contributed by atoms with Crippen LogP contribution in [-0.4, -0.2) is 33.1 Å². The molecule has 0 saturated carbocycles. The Morgan fingerprint density at radius 2 is 2.26 bits per heavy atom. The summed E-state index contributed by atoms with van der Waals surface area (Å²) >= 11 is 0. The van der Waals surface area contributed by atoms with Crippen LogP contribution in [0.3, 0.4) is 0 Å². The van der Waals surface area contributed by atoms with E-state index in [9.17, 15) is 4.79 Å². The fraction of sp³-hybridized carbons (Fsp3) is 0.471. The molecule has 2 aromatic rings. The van der Waals surface area contributed by atoms with Gasteiger partial charge < -0.3 is 14.6 Å². The summed E-state index contributed by atoms with van der Waals surface area (Å²) < 4.78 is 7.86. The topological polar surface area (TPSA) is 69.0 Å². The highest BCUT2D eigenvalue weighted by Crippen LogP contribution is 2.28. The third-order valence-electron chi connectivity index (χ3n) is 4.22. The van der Waals surface area contributed by atoms with Crippen molar-refractivity contribution in [3.05, 3.63) is 47.8 Å². The Kier molecular flexibility index (Phi) is 4.71. The Hall–Kier alpha value is -2.21. The molecule has 2 aromatic heterocycles. The maximum atomic E-state index is 12.5. The first-order valence-corrected chi connectivity index (χ1v) is 8.11. The highest BCUT2D eigenvalue weighted by Gasteiger charge is 2.34. The van der Waals surface area contributed by atoms with Gasteiger partial charge in [-0.25, -0.2) is 4.98 Å². The second-order valence-corrected chi connectivity index (χ2v) is 5.63. The minimum absolute atomic E-state index is 0.0812. The summed E-state index contributed by atoms with van der Waals surface area (Å²) in [6, 6.07) is 3.69. The molecule has 0 spiro atoms. The van der Waals surface area contributed by atoms with E-state index in [0.29, 0.717) is 12.3 Å². The lowest BCUT2D eigenvalue weighted by atomic mass is 10.1. The number of nitrogens with zero attached hydrogens (tertiary/aromatic N) is 3. The van der Waals surface area contributed by atoms with Crippen LogP contribution in [0.15, 0.2) is 30.7 Å². The van der Waals surface area contributed by atoms with Crippen molar-refractivity contribution in [2.75, 3.05) is 6.61 Å². The summed E-state index contributed by atoms with van der Waals surface area (Å²) in [7, 11) is 0. The number of aromatic nitrogens is 3. The van der Waals surface area contributed by atoms with Crippen molar-refractivity contribution in [2.24, 2.45) is 0 Å². The van der Waals surface area contributed by atoms with E-state index >= 15 is 0 Å². The zero-order chi connectivity index (χ0) is 16.2. The third kappa shape index (κ3) is 3.27. The largest absolute Gasteiger partial charge is 0.368 e. The van der Waals surface area contributed by atoms with Gasteiger partial charge in [-0.3, -0.25) is 9.78 Å². The van der Waals surface area contributed by atoms with E-state index in [1.807, 2.05) is 22.9 Å². The van der Waals surface area contributed by atoms with Crippen LogP contribution in [0.4, 0.5) is 0 Å². The van der Waals surface area contributed by atoms with Gasteiger partial charge in [0.15, 0.2) is 0 Å². The molecule has 3 rings (SSSR count). The summed E-state index contributed by atoms with van der Waals surface area (Å²) in [6.07, 6.45) is 6.84. The number of rotatable bonds is 5. The van der Waals surface area contributed by atoms with Gasteiger partial charge in [-0.15, -0.1) is 0 Å². The Labute approximate surface area is 135 Å². The summed E-state index contributed by atoms with van der Waals surface area (Å²) in [5.74, 6) is 0.709. The first-order valence-electron chi connectivity index (χ1n) is 8.11. The van der Waals surface area contributed by atoms with E-state index in [1.54, 1.807) is 12.4 Å². The van der Waals surface area contributed by atoms with E-state index in [1.165, 1.54) is 0 Å². The number of aryl methyl sites for hydroxylation is 2. The normalized spacial score (nSPS) is 20.6. The van der Waals surface area contributed by atoms with E-state index in [-0.39, 0.29) is 18.1 Å². The van der Waals surface area contributed by atoms with Crippen molar-refractivity contribution in [3.8, 4) is 0 Å². The maximum Gasteiger partial charge on any atom is 0.270 e. The smallest absolute Gasteiger partial charge is 0.270 e. The molecule has 0 unspecified atom stereocenters. The fourth-order valence-corrected chi connectivity index (χ4v) is 2.90. The molecule has 0 bridgehead atoms.